The number of hydrogen-bond donors (Lipinski definition) is 6. The third-order valence-corrected chi connectivity index (χ3v) is 8.39. The van der Waals surface area contributed by atoms with E-state index in [1.807, 2.05) is 60.7 Å². The molecule has 0 saturated heterocycles. The van der Waals surface area contributed by atoms with Crippen molar-refractivity contribution in [1.82, 2.24) is 16.0 Å². The molecule has 14 nitrogen and oxygen atoms in total. The maximum atomic E-state index is 13.6. The smallest absolute Gasteiger partial charge is 0.404 e. The summed E-state index contributed by atoms with van der Waals surface area (Å²) in [5.41, 5.74) is 14.8. The number of nitrogens with one attached hydrogen (secondary N) is 4. The fraction of sp³-hybridized carbons (Fsp3) is 0.316. The molecule has 1 aliphatic rings. The lowest BCUT2D eigenvalue weighted by Gasteiger charge is -2.27. The van der Waals surface area contributed by atoms with Gasteiger partial charge in [0.1, 0.15) is 18.7 Å². The molecule has 0 spiro atoms. The Labute approximate surface area is 302 Å². The number of anilines is 2. The Bertz CT molecular complexity index is 1790. The van der Waals surface area contributed by atoms with Crippen LogP contribution in [0.1, 0.15) is 61.8 Å². The van der Waals surface area contributed by atoms with Crippen LogP contribution in [0, 0.1) is 5.92 Å². The van der Waals surface area contributed by atoms with Gasteiger partial charge in [0.15, 0.2) is 0 Å². The highest BCUT2D eigenvalue weighted by molar-refractivity contribution is 6.00. The minimum Gasteiger partial charge on any atom is -0.445 e. The quantitative estimate of drug-likeness (QED) is 0.128. The predicted octanol–water partition coefficient (Wildman–Crippen LogP) is 3.79. The summed E-state index contributed by atoms with van der Waals surface area (Å²) in [4.78, 5) is 77.5. The molecule has 0 fully saturated rings. The summed E-state index contributed by atoms with van der Waals surface area (Å²) in [5.74, 6) is -2.21. The van der Waals surface area contributed by atoms with Crippen molar-refractivity contribution in [3.63, 3.8) is 0 Å². The molecule has 2 atom stereocenters. The minimum atomic E-state index is -1.04. The summed E-state index contributed by atoms with van der Waals surface area (Å²) in [6, 6.07) is 19.1. The first-order valence-electron chi connectivity index (χ1n) is 17.0. The first-order chi connectivity index (χ1) is 24.9. The topological polar surface area (TPSA) is 215 Å². The molecule has 3 aromatic rings. The molecule has 14 heteroatoms. The van der Waals surface area contributed by atoms with Crippen LogP contribution in [0.2, 0.25) is 0 Å². The van der Waals surface area contributed by atoms with E-state index >= 15 is 0 Å². The lowest BCUT2D eigenvalue weighted by Crippen LogP contribution is -2.54. The Morgan fingerprint density at radius 3 is 2.17 bits per heavy atom. The van der Waals surface area contributed by atoms with Gasteiger partial charge in [-0.25, -0.2) is 9.59 Å². The molecular weight excluding hydrogens is 666 g/mol. The molecule has 0 aliphatic carbocycles. The molecule has 0 saturated carbocycles. The summed E-state index contributed by atoms with van der Waals surface area (Å²) in [6.07, 6.45) is 3.28. The lowest BCUT2D eigenvalue weighted by atomic mass is 10.0. The van der Waals surface area contributed by atoms with Crippen molar-refractivity contribution in [3.05, 3.63) is 95.1 Å². The van der Waals surface area contributed by atoms with E-state index in [0.29, 0.717) is 24.2 Å². The molecule has 0 bridgehead atoms. The van der Waals surface area contributed by atoms with Gasteiger partial charge in [-0.15, -0.1) is 0 Å². The minimum absolute atomic E-state index is 0.0378. The molecule has 0 unspecified atom stereocenters. The van der Waals surface area contributed by atoms with Gasteiger partial charge >= 0.3 is 12.1 Å². The van der Waals surface area contributed by atoms with E-state index in [4.69, 9.17) is 16.2 Å². The Morgan fingerprint density at radius 2 is 1.48 bits per heavy atom. The number of nitrogens with zero attached hydrogens (tertiary/aromatic N) is 1. The number of nitrogens with two attached hydrogens (primary N) is 2. The summed E-state index contributed by atoms with van der Waals surface area (Å²) in [5, 5.41) is 10.7. The van der Waals surface area contributed by atoms with Crippen molar-refractivity contribution in [2.45, 2.75) is 64.8 Å². The van der Waals surface area contributed by atoms with Gasteiger partial charge in [0.25, 0.3) is 0 Å². The number of hydrogen-bond acceptors (Lipinski definition) is 7. The van der Waals surface area contributed by atoms with Crippen LogP contribution in [0.25, 0.3) is 12.2 Å². The Kier molecular flexibility index (Phi) is 13.9. The normalized spacial score (nSPS) is 13.6. The van der Waals surface area contributed by atoms with Crippen LogP contribution in [0.5, 0.6) is 0 Å². The number of carbonyl (C=O) groups is 6. The van der Waals surface area contributed by atoms with Crippen molar-refractivity contribution in [2.75, 3.05) is 16.8 Å². The zero-order valence-electron chi connectivity index (χ0n) is 29.2. The molecule has 8 N–H and O–H groups in total. The van der Waals surface area contributed by atoms with Crippen LogP contribution in [0.15, 0.2) is 72.8 Å². The van der Waals surface area contributed by atoms with Crippen molar-refractivity contribution in [3.8, 4) is 0 Å². The van der Waals surface area contributed by atoms with Crippen LogP contribution in [-0.4, -0.2) is 54.4 Å². The van der Waals surface area contributed by atoms with Crippen molar-refractivity contribution in [2.24, 2.45) is 17.4 Å². The fourth-order valence-corrected chi connectivity index (χ4v) is 5.62. The Balaban J connectivity index is 1.40. The Hall–Kier alpha value is -6.18. The number of para-hydroxylation sites is 1. The SMILES string of the molecule is CC(C)[C@H](NC(=O)CCC(=O)N1Cc2ccccc2/C=C\c2ccccc21)C(=O)N[C@@H](CCCNC(N)=O)C(=O)Nc1ccc(COC(N)=O)cc1. The number of carbonyl (C=O) groups excluding carboxylic acids is 6. The molecule has 1 aliphatic heterocycles. The molecule has 7 amide bonds. The highest BCUT2D eigenvalue weighted by Gasteiger charge is 2.29. The molecule has 3 aromatic carbocycles. The first kappa shape index (κ1) is 38.6. The zero-order valence-corrected chi connectivity index (χ0v) is 29.2. The maximum Gasteiger partial charge on any atom is 0.404 e. The van der Waals surface area contributed by atoms with Gasteiger partial charge in [0.05, 0.1) is 12.2 Å². The third kappa shape index (κ3) is 11.4. The monoisotopic (exact) mass is 711 g/mol. The maximum absolute atomic E-state index is 13.6. The van der Waals surface area contributed by atoms with Crippen LogP contribution in [0.4, 0.5) is 21.0 Å². The van der Waals surface area contributed by atoms with Crippen LogP contribution >= 0.6 is 0 Å². The molecule has 52 heavy (non-hydrogen) atoms. The van der Waals surface area contributed by atoms with Gasteiger partial charge in [-0.3, -0.25) is 19.2 Å². The second-order valence-corrected chi connectivity index (χ2v) is 12.6. The van der Waals surface area contributed by atoms with Gasteiger partial charge < -0.3 is 42.4 Å². The number of ether oxygens (including phenoxy) is 1. The van der Waals surface area contributed by atoms with Crippen molar-refractivity contribution in [1.29, 1.82) is 0 Å². The second-order valence-electron chi connectivity index (χ2n) is 12.6. The molecule has 274 valence electrons. The highest BCUT2D eigenvalue weighted by Crippen LogP contribution is 2.29. The van der Waals surface area contributed by atoms with Crippen LogP contribution in [0.3, 0.4) is 0 Å². The number of amides is 7. The molecular formula is C38H45N7O7. The van der Waals surface area contributed by atoms with E-state index in [1.54, 1.807) is 43.0 Å². The van der Waals surface area contributed by atoms with E-state index in [-0.39, 0.29) is 44.2 Å². The number of rotatable bonds is 15. The lowest BCUT2D eigenvalue weighted by molar-refractivity contribution is -0.132. The third-order valence-electron chi connectivity index (χ3n) is 8.39. The Morgan fingerprint density at radius 1 is 0.808 bits per heavy atom. The highest BCUT2D eigenvalue weighted by atomic mass is 16.5. The first-order valence-corrected chi connectivity index (χ1v) is 17.0. The number of primary amides is 2. The summed E-state index contributed by atoms with van der Waals surface area (Å²) < 4.78 is 4.77. The zero-order chi connectivity index (χ0) is 37.6. The predicted molar refractivity (Wildman–Crippen MR) is 197 cm³/mol. The fourth-order valence-electron chi connectivity index (χ4n) is 5.62. The van der Waals surface area contributed by atoms with Gasteiger partial charge in [0, 0.05) is 25.1 Å². The molecule has 0 radical (unpaired) electrons. The second kappa shape index (κ2) is 18.7. The number of benzene rings is 3. The average Bonchev–Trinajstić information content (AvgIpc) is 3.11. The van der Waals surface area contributed by atoms with E-state index in [2.05, 4.69) is 21.3 Å². The summed E-state index contributed by atoms with van der Waals surface area (Å²) in [7, 11) is 0. The molecule has 0 aromatic heterocycles. The van der Waals surface area contributed by atoms with Gasteiger partial charge in [0.2, 0.25) is 23.6 Å². The largest absolute Gasteiger partial charge is 0.445 e. The number of urea groups is 1. The van der Waals surface area contributed by atoms with E-state index < -0.39 is 41.9 Å². The number of fused-ring (bicyclic) bond motifs is 2. The molecule has 1 heterocycles. The van der Waals surface area contributed by atoms with E-state index in [1.165, 1.54) is 0 Å². The van der Waals surface area contributed by atoms with Crippen LogP contribution in [-0.2, 0) is 37.1 Å². The summed E-state index contributed by atoms with van der Waals surface area (Å²) in [6.45, 7) is 3.98. The average molecular weight is 712 g/mol. The molecule has 4 rings (SSSR count). The van der Waals surface area contributed by atoms with Crippen LogP contribution < -0.4 is 37.6 Å². The van der Waals surface area contributed by atoms with Gasteiger partial charge in [-0.2, -0.15) is 0 Å². The van der Waals surface area contributed by atoms with Gasteiger partial charge in [-0.1, -0.05) is 80.6 Å². The van der Waals surface area contributed by atoms with E-state index in [0.717, 1.165) is 22.4 Å². The van der Waals surface area contributed by atoms with Gasteiger partial charge in [-0.05, 0) is 59.2 Å². The van der Waals surface area contributed by atoms with Crippen molar-refractivity contribution >= 4 is 59.3 Å². The standard InChI is InChI=1S/C38H45N7O7/c1-24(2)34(36(49)43-30(11-7-21-41-37(39)50)35(48)42-29-17-13-25(14-18-29)23-52-38(40)51)44-32(46)19-20-33(47)45-22-28-10-4-3-8-26(28)15-16-27-9-5-6-12-31(27)45/h3-6,8-10,12-18,24,30,34H,7,11,19-23H2,1-2H3,(H2,40,51)(H,42,48)(H,43,49)(H,44,46)(H3,39,41,50)/b16-15-/t30-,34-/m0/s1. The van der Waals surface area contributed by atoms with E-state index in [9.17, 15) is 28.8 Å². The van der Waals surface area contributed by atoms with Crippen molar-refractivity contribution < 1.29 is 33.5 Å². The summed E-state index contributed by atoms with van der Waals surface area (Å²) >= 11 is 0.